The van der Waals surface area contributed by atoms with Gasteiger partial charge in [-0.05, 0) is 46.5 Å². The van der Waals surface area contributed by atoms with Crippen LogP contribution in [0.15, 0.2) is 0 Å². The maximum Gasteiger partial charge on any atom is 0.325 e. The fraction of sp³-hybridized carbons (Fsp3) is 0.778. The molecule has 0 heterocycles. The normalized spacial score (nSPS) is 20.1. The first-order valence-corrected chi connectivity index (χ1v) is 8.99. The molecule has 0 amide bonds. The summed E-state index contributed by atoms with van der Waals surface area (Å²) in [5.74, 6) is -4.55. The molecule has 1 fully saturated rings. The molecule has 1 rings (SSSR count). The van der Waals surface area contributed by atoms with Gasteiger partial charge in [0, 0.05) is 0 Å². The summed E-state index contributed by atoms with van der Waals surface area (Å²) in [5.41, 5.74) is -4.27. The van der Waals surface area contributed by atoms with E-state index in [1.54, 1.807) is 34.6 Å². The third-order valence-electron chi connectivity index (χ3n) is 4.81. The predicted octanol–water partition coefficient (Wildman–Crippen LogP) is 1.64. The van der Waals surface area contributed by atoms with E-state index in [9.17, 15) is 19.2 Å². The van der Waals surface area contributed by atoms with Crippen LogP contribution in [-0.4, -0.2) is 50.3 Å². The van der Waals surface area contributed by atoms with E-state index in [0.717, 1.165) is 0 Å². The molecule has 0 radical (unpaired) electrons. The van der Waals surface area contributed by atoms with Crippen LogP contribution in [0, 0.1) is 16.7 Å². The monoisotopic (exact) mass is 372 g/mol. The van der Waals surface area contributed by atoms with Gasteiger partial charge in [0.25, 0.3) is 0 Å². The molecule has 0 aliphatic heterocycles. The zero-order valence-electron chi connectivity index (χ0n) is 16.1. The summed E-state index contributed by atoms with van der Waals surface area (Å²) in [4.78, 5) is 51.8. The first-order chi connectivity index (χ1) is 12.3. The Labute approximate surface area is 153 Å². The lowest BCUT2D eigenvalue weighted by molar-refractivity contribution is -0.202. The van der Waals surface area contributed by atoms with E-state index in [1.807, 2.05) is 0 Å². The van der Waals surface area contributed by atoms with Crippen LogP contribution in [0.25, 0.3) is 0 Å². The van der Waals surface area contributed by atoms with Gasteiger partial charge in [-0.2, -0.15) is 0 Å². The van der Waals surface area contributed by atoms with Gasteiger partial charge < -0.3 is 18.9 Å². The molecule has 0 bridgehead atoms. The number of hydrogen-bond donors (Lipinski definition) is 0. The molecular formula is C18H28O8. The Morgan fingerprint density at radius 1 is 0.731 bits per heavy atom. The summed E-state index contributed by atoms with van der Waals surface area (Å²) in [7, 11) is 0. The van der Waals surface area contributed by atoms with Crippen molar-refractivity contribution in [1.82, 2.24) is 0 Å². The van der Waals surface area contributed by atoms with Gasteiger partial charge in [0.2, 0.25) is 0 Å². The zero-order valence-corrected chi connectivity index (χ0v) is 16.1. The van der Waals surface area contributed by atoms with E-state index in [-0.39, 0.29) is 39.3 Å². The minimum atomic E-state index is -2.14. The first-order valence-electron chi connectivity index (χ1n) is 8.99. The van der Waals surface area contributed by atoms with Crippen LogP contribution in [-0.2, 0) is 38.1 Å². The molecule has 8 nitrogen and oxygen atoms in total. The highest BCUT2D eigenvalue weighted by Crippen LogP contribution is 2.59. The summed E-state index contributed by atoms with van der Waals surface area (Å²) in [5, 5.41) is 0. The Hall–Kier alpha value is -2.12. The molecule has 1 saturated carbocycles. The van der Waals surface area contributed by atoms with Crippen molar-refractivity contribution in [1.29, 1.82) is 0 Å². The molecule has 148 valence electrons. The number of carbonyl (C=O) groups excluding carboxylic acids is 4. The van der Waals surface area contributed by atoms with Crippen molar-refractivity contribution in [3.8, 4) is 0 Å². The van der Waals surface area contributed by atoms with E-state index >= 15 is 0 Å². The molecule has 26 heavy (non-hydrogen) atoms. The van der Waals surface area contributed by atoms with Gasteiger partial charge in [-0.15, -0.1) is 0 Å². The molecule has 0 aromatic carbocycles. The molecule has 1 aliphatic rings. The standard InChI is InChI=1S/C18H28O8/c1-6-23-13(19)17(14(20)24-7-2)11-10-12(5)18(17,15(21)25-8-3)16(22)26-9-4/h12H,6-11H2,1-5H3. The summed E-state index contributed by atoms with van der Waals surface area (Å²) < 4.78 is 20.5. The molecule has 1 atom stereocenters. The SMILES string of the molecule is CCOC(=O)C1(C(=O)OCC)CCC(C)C1(C(=O)OCC)C(=O)OCC. The largest absolute Gasteiger partial charge is 0.465 e. The van der Waals surface area contributed by atoms with Crippen molar-refractivity contribution in [2.45, 2.75) is 47.5 Å². The minimum absolute atomic E-state index is 0.0178. The van der Waals surface area contributed by atoms with Crippen LogP contribution >= 0.6 is 0 Å². The van der Waals surface area contributed by atoms with Crippen molar-refractivity contribution in [2.75, 3.05) is 26.4 Å². The van der Waals surface area contributed by atoms with E-state index in [0.29, 0.717) is 0 Å². The molecule has 0 N–H and O–H groups in total. The lowest BCUT2D eigenvalue weighted by Crippen LogP contribution is -2.62. The van der Waals surface area contributed by atoms with Crippen LogP contribution in [0.4, 0.5) is 0 Å². The van der Waals surface area contributed by atoms with Crippen LogP contribution in [0.3, 0.4) is 0 Å². The lowest BCUT2D eigenvalue weighted by atomic mass is 9.62. The number of rotatable bonds is 8. The van der Waals surface area contributed by atoms with Gasteiger partial charge >= 0.3 is 23.9 Å². The highest BCUT2D eigenvalue weighted by molar-refractivity contribution is 6.15. The fourth-order valence-corrected chi connectivity index (χ4v) is 3.71. The highest BCUT2D eigenvalue weighted by Gasteiger charge is 2.78. The molecule has 1 unspecified atom stereocenters. The smallest absolute Gasteiger partial charge is 0.325 e. The first kappa shape index (κ1) is 21.9. The number of esters is 4. The van der Waals surface area contributed by atoms with E-state index in [1.165, 1.54) is 0 Å². The molecule has 0 aromatic heterocycles. The lowest BCUT2D eigenvalue weighted by Gasteiger charge is -2.39. The third-order valence-corrected chi connectivity index (χ3v) is 4.81. The van der Waals surface area contributed by atoms with Gasteiger partial charge in [-0.25, -0.2) is 0 Å². The van der Waals surface area contributed by atoms with Crippen LogP contribution in [0.1, 0.15) is 47.5 Å². The maximum atomic E-state index is 13.0. The second-order valence-corrected chi connectivity index (χ2v) is 6.03. The Kier molecular flexibility index (Phi) is 7.59. The zero-order chi connectivity index (χ0) is 20.0. The van der Waals surface area contributed by atoms with E-state index in [4.69, 9.17) is 18.9 Å². The van der Waals surface area contributed by atoms with Gasteiger partial charge in [-0.1, -0.05) is 6.92 Å². The minimum Gasteiger partial charge on any atom is -0.465 e. The maximum absolute atomic E-state index is 13.0. The summed E-state index contributed by atoms with van der Waals surface area (Å²) in [6.07, 6.45) is 0.193. The van der Waals surface area contributed by atoms with Crippen molar-refractivity contribution >= 4 is 23.9 Å². The van der Waals surface area contributed by atoms with Crippen molar-refractivity contribution in [3.63, 3.8) is 0 Å². The highest BCUT2D eigenvalue weighted by atomic mass is 16.6. The average molecular weight is 372 g/mol. The number of hydrogen-bond acceptors (Lipinski definition) is 8. The van der Waals surface area contributed by atoms with Gasteiger partial charge in [0.1, 0.15) is 0 Å². The number of carbonyl (C=O) groups is 4. The second-order valence-electron chi connectivity index (χ2n) is 6.03. The van der Waals surface area contributed by atoms with Crippen LogP contribution < -0.4 is 0 Å². The Morgan fingerprint density at radius 3 is 1.42 bits per heavy atom. The van der Waals surface area contributed by atoms with Crippen LogP contribution in [0.5, 0.6) is 0 Å². The number of ether oxygens (including phenoxy) is 4. The van der Waals surface area contributed by atoms with Gasteiger partial charge in [-0.3, -0.25) is 19.2 Å². The van der Waals surface area contributed by atoms with Gasteiger partial charge in [0.05, 0.1) is 26.4 Å². The molecule has 1 aliphatic carbocycles. The molecule has 8 heteroatoms. The van der Waals surface area contributed by atoms with Crippen molar-refractivity contribution in [3.05, 3.63) is 0 Å². The third kappa shape index (κ3) is 3.17. The summed E-state index contributed by atoms with van der Waals surface area (Å²) >= 11 is 0. The second kappa shape index (κ2) is 9.00. The summed E-state index contributed by atoms with van der Waals surface area (Å²) in [6, 6.07) is 0. The summed E-state index contributed by atoms with van der Waals surface area (Å²) in [6.45, 7) is 7.85. The molecule has 0 saturated heterocycles. The van der Waals surface area contributed by atoms with Crippen LogP contribution in [0.2, 0.25) is 0 Å². The average Bonchev–Trinajstić information content (AvgIpc) is 2.91. The van der Waals surface area contributed by atoms with Crippen molar-refractivity contribution < 1.29 is 38.1 Å². The Morgan fingerprint density at radius 2 is 1.08 bits per heavy atom. The van der Waals surface area contributed by atoms with Gasteiger partial charge in [0.15, 0.2) is 10.8 Å². The van der Waals surface area contributed by atoms with E-state index in [2.05, 4.69) is 0 Å². The topological polar surface area (TPSA) is 105 Å². The Bertz CT molecular complexity index is 517. The Balaban J connectivity index is 3.74. The van der Waals surface area contributed by atoms with Crippen molar-refractivity contribution in [2.24, 2.45) is 16.7 Å². The van der Waals surface area contributed by atoms with E-state index < -0.39 is 40.6 Å². The molecule has 0 aromatic rings. The predicted molar refractivity (Wildman–Crippen MR) is 89.8 cm³/mol. The fourth-order valence-electron chi connectivity index (χ4n) is 3.71. The quantitative estimate of drug-likeness (QED) is 0.360. The molecule has 0 spiro atoms. The molecular weight excluding hydrogens is 344 g/mol.